The number of nitrogens with two attached hydrogens (primary N) is 1. The molecule has 39 heavy (non-hydrogen) atoms. The fourth-order valence-electron chi connectivity index (χ4n) is 3.81. The molecule has 0 bridgehead atoms. The summed E-state index contributed by atoms with van der Waals surface area (Å²) in [5.41, 5.74) is 4.69. The van der Waals surface area contributed by atoms with Crippen molar-refractivity contribution in [1.82, 2.24) is 14.3 Å². The van der Waals surface area contributed by atoms with E-state index in [2.05, 4.69) is 5.10 Å². The topological polar surface area (TPSA) is 129 Å². The molecule has 0 spiro atoms. The molecule has 1 amide bonds. The van der Waals surface area contributed by atoms with Crippen LogP contribution >= 0.6 is 34.8 Å². The monoisotopic (exact) mass is 608 g/mol. The Hall–Kier alpha value is -3.06. The van der Waals surface area contributed by atoms with Gasteiger partial charge in [-0.3, -0.25) is 9.36 Å². The highest BCUT2D eigenvalue weighted by Gasteiger charge is 2.39. The Morgan fingerprint density at radius 1 is 1.10 bits per heavy atom. The van der Waals surface area contributed by atoms with E-state index in [9.17, 15) is 32.7 Å². The molecule has 0 aliphatic heterocycles. The van der Waals surface area contributed by atoms with Gasteiger partial charge in [0.05, 0.1) is 23.2 Å². The van der Waals surface area contributed by atoms with Crippen LogP contribution in [0.15, 0.2) is 47.3 Å². The molecule has 1 aromatic heterocycles. The smallest absolute Gasteiger partial charge is 0.416 e. The van der Waals surface area contributed by atoms with E-state index in [0.29, 0.717) is 19.8 Å². The van der Waals surface area contributed by atoms with Crippen molar-refractivity contribution in [3.8, 4) is 11.4 Å². The first kappa shape index (κ1) is 30.5. The summed E-state index contributed by atoms with van der Waals surface area (Å²) in [7, 11) is 0. The fourth-order valence-corrected chi connectivity index (χ4v) is 4.40. The number of carbonyl (C=O) groups is 2. The number of benzene rings is 2. The lowest BCUT2D eigenvalue weighted by molar-refractivity contribution is -0.207. The molecule has 3 N–H and O–H groups in total. The van der Waals surface area contributed by atoms with Gasteiger partial charge in [0.2, 0.25) is 0 Å². The van der Waals surface area contributed by atoms with Crippen molar-refractivity contribution < 1.29 is 32.6 Å². The van der Waals surface area contributed by atoms with Crippen molar-refractivity contribution >= 4 is 46.7 Å². The molecule has 9 nitrogen and oxygen atoms in total. The number of halogens is 6. The van der Waals surface area contributed by atoms with Crippen LogP contribution in [0.2, 0.25) is 15.1 Å². The summed E-state index contributed by atoms with van der Waals surface area (Å²) in [6.07, 6.45) is -8.93. The summed E-state index contributed by atoms with van der Waals surface area (Å²) in [5.74, 6) is -1.33. The number of ether oxygens (including phenoxy) is 1. The molecule has 3 aromatic rings. The van der Waals surface area contributed by atoms with Crippen LogP contribution in [0.5, 0.6) is 0 Å². The lowest BCUT2D eigenvalue weighted by Crippen LogP contribution is -2.37. The van der Waals surface area contributed by atoms with E-state index >= 15 is 0 Å². The van der Waals surface area contributed by atoms with Gasteiger partial charge in [-0.25, -0.2) is 14.3 Å². The van der Waals surface area contributed by atoms with Gasteiger partial charge in [0.15, 0.2) is 17.7 Å². The maximum absolute atomic E-state index is 13.1. The molecular formula is C24H22Cl3F3N4O5. The van der Waals surface area contributed by atoms with Crippen LogP contribution in [0.1, 0.15) is 24.3 Å². The minimum absolute atomic E-state index is 0.131. The summed E-state index contributed by atoms with van der Waals surface area (Å²) in [6.45, 7) is -1.87. The third kappa shape index (κ3) is 7.98. The summed E-state index contributed by atoms with van der Waals surface area (Å²) < 4.78 is 45.3. The number of aromatic nitrogens is 3. The Morgan fingerprint density at radius 2 is 1.77 bits per heavy atom. The van der Waals surface area contributed by atoms with Gasteiger partial charge in [0, 0.05) is 17.0 Å². The number of carbonyl (C=O) groups excluding carboxylic acids is 2. The zero-order valence-electron chi connectivity index (χ0n) is 20.0. The van der Waals surface area contributed by atoms with E-state index in [4.69, 9.17) is 45.3 Å². The van der Waals surface area contributed by atoms with Gasteiger partial charge in [0.25, 0.3) is 0 Å². The average molecular weight is 610 g/mol. The lowest BCUT2D eigenvalue weighted by atomic mass is 9.91. The number of ketones is 1. The van der Waals surface area contributed by atoms with E-state index in [1.54, 1.807) is 18.2 Å². The molecule has 0 aliphatic rings. The molecule has 0 saturated carbocycles. The number of alkyl halides is 3. The molecule has 0 saturated heterocycles. The molecule has 15 heteroatoms. The molecule has 210 valence electrons. The minimum atomic E-state index is -4.99. The van der Waals surface area contributed by atoms with Crippen LogP contribution in [0.3, 0.4) is 0 Å². The molecule has 1 heterocycles. The Balaban J connectivity index is 1.92. The Morgan fingerprint density at radius 3 is 2.38 bits per heavy atom. The van der Waals surface area contributed by atoms with Gasteiger partial charge in [-0.05, 0) is 48.2 Å². The predicted molar refractivity (Wildman–Crippen MR) is 138 cm³/mol. The first-order valence-electron chi connectivity index (χ1n) is 11.3. The second-order valence-electron chi connectivity index (χ2n) is 8.48. The number of aliphatic hydroxyl groups is 1. The van der Waals surface area contributed by atoms with Crippen LogP contribution in [0, 0.1) is 0 Å². The standard InChI is InChI=1S/C24H22Cl3F3N4O5/c25-15-6-4-13(5-7-15)21-32-34(23(38)33(21)12-19(36)24(28,29)30)11-16(35)10-14(8-9-39-22(31)37)17-2-1-3-18(26)20(17)27/h1-7,14,19,36H,8-12H2,(H2,31,37)/t14?,19-/m0/s1. The minimum Gasteiger partial charge on any atom is -0.450 e. The van der Waals surface area contributed by atoms with Gasteiger partial charge < -0.3 is 15.6 Å². The third-order valence-corrected chi connectivity index (χ3v) is 6.78. The predicted octanol–water partition coefficient (Wildman–Crippen LogP) is 4.82. The molecule has 1 unspecified atom stereocenters. The number of aliphatic hydroxyl groups excluding tert-OH is 1. The number of Topliss-reactive ketones (excluding diaryl/α,β-unsaturated/α-hetero) is 1. The van der Waals surface area contributed by atoms with Crippen molar-refractivity contribution in [1.29, 1.82) is 0 Å². The summed E-state index contributed by atoms with van der Waals surface area (Å²) in [4.78, 5) is 37.1. The van der Waals surface area contributed by atoms with E-state index in [1.165, 1.54) is 24.3 Å². The van der Waals surface area contributed by atoms with E-state index in [1.807, 2.05) is 0 Å². The molecule has 0 fully saturated rings. The van der Waals surface area contributed by atoms with Crippen LogP contribution in [-0.2, 0) is 22.6 Å². The van der Waals surface area contributed by atoms with Crippen molar-refractivity contribution in [3.05, 3.63) is 73.6 Å². The zero-order valence-corrected chi connectivity index (χ0v) is 22.3. The van der Waals surface area contributed by atoms with Crippen molar-refractivity contribution in [2.75, 3.05) is 6.61 Å². The molecule has 2 aromatic carbocycles. The van der Waals surface area contributed by atoms with Gasteiger partial charge in [0.1, 0.15) is 6.54 Å². The fraction of sp³-hybridized carbons (Fsp3) is 0.333. The van der Waals surface area contributed by atoms with Crippen molar-refractivity contribution in [3.63, 3.8) is 0 Å². The molecule has 0 aliphatic carbocycles. The Bertz CT molecular complexity index is 1390. The molecule has 2 atom stereocenters. The largest absolute Gasteiger partial charge is 0.450 e. The Labute approximate surface area is 234 Å². The summed E-state index contributed by atoms with van der Waals surface area (Å²) >= 11 is 18.3. The highest BCUT2D eigenvalue weighted by Crippen LogP contribution is 2.35. The highest BCUT2D eigenvalue weighted by atomic mass is 35.5. The maximum atomic E-state index is 13.1. The zero-order chi connectivity index (χ0) is 28.9. The second-order valence-corrected chi connectivity index (χ2v) is 9.70. The van der Waals surface area contributed by atoms with Crippen LogP contribution in [0.25, 0.3) is 11.4 Å². The quantitative estimate of drug-likeness (QED) is 0.321. The highest BCUT2D eigenvalue weighted by molar-refractivity contribution is 6.42. The maximum Gasteiger partial charge on any atom is 0.416 e. The van der Waals surface area contributed by atoms with Gasteiger partial charge in [-0.15, -0.1) is 5.10 Å². The SMILES string of the molecule is NC(=O)OCCC(CC(=O)Cn1nc(-c2ccc(Cl)cc2)n(C[C@H](O)C(F)(F)F)c1=O)c1cccc(Cl)c1Cl. The van der Waals surface area contributed by atoms with Gasteiger partial charge in [-0.1, -0.05) is 46.9 Å². The van der Waals surface area contributed by atoms with Gasteiger partial charge in [-0.2, -0.15) is 13.2 Å². The number of nitrogens with zero attached hydrogens (tertiary/aromatic N) is 3. The van der Waals surface area contributed by atoms with Crippen LogP contribution in [-0.4, -0.2) is 50.2 Å². The summed E-state index contributed by atoms with van der Waals surface area (Å²) in [5, 5.41) is 14.4. The van der Waals surface area contributed by atoms with E-state index in [-0.39, 0.29) is 40.9 Å². The molecule has 3 rings (SSSR count). The number of hydrogen-bond donors (Lipinski definition) is 2. The average Bonchev–Trinajstić information content (AvgIpc) is 3.14. The van der Waals surface area contributed by atoms with E-state index < -0.39 is 48.9 Å². The lowest BCUT2D eigenvalue weighted by Gasteiger charge is -2.18. The van der Waals surface area contributed by atoms with Crippen molar-refractivity contribution in [2.45, 2.75) is 44.1 Å². The van der Waals surface area contributed by atoms with Crippen molar-refractivity contribution in [2.24, 2.45) is 5.73 Å². The number of amides is 1. The first-order valence-corrected chi connectivity index (χ1v) is 12.5. The first-order chi connectivity index (χ1) is 18.3. The van der Waals surface area contributed by atoms with Gasteiger partial charge >= 0.3 is 18.0 Å². The van der Waals surface area contributed by atoms with Crippen LogP contribution < -0.4 is 11.4 Å². The number of hydrogen-bond acceptors (Lipinski definition) is 6. The number of rotatable bonds is 11. The number of primary amides is 1. The molecule has 0 radical (unpaired) electrons. The van der Waals surface area contributed by atoms with E-state index in [0.717, 1.165) is 0 Å². The second kappa shape index (κ2) is 12.9. The summed E-state index contributed by atoms with van der Waals surface area (Å²) in [6, 6.07) is 10.6. The van der Waals surface area contributed by atoms with Crippen LogP contribution in [0.4, 0.5) is 18.0 Å². The third-order valence-electron chi connectivity index (χ3n) is 5.69. The normalized spacial score (nSPS) is 13.2. The molecular weight excluding hydrogens is 588 g/mol. The Kier molecular flexibility index (Phi) is 10.1.